The Labute approximate surface area is 175 Å². The first-order valence-electron chi connectivity index (χ1n) is 10.6. The minimum atomic E-state index is -1.04. The van der Waals surface area contributed by atoms with Gasteiger partial charge >= 0.3 is 0 Å². The van der Waals surface area contributed by atoms with Gasteiger partial charge in [-0.3, -0.25) is 14.2 Å². The Morgan fingerprint density at radius 3 is 2.43 bits per heavy atom. The molecule has 8 heteroatoms. The molecular formula is C22H29N3O5. The van der Waals surface area contributed by atoms with Crippen LogP contribution in [0.3, 0.4) is 0 Å². The van der Waals surface area contributed by atoms with E-state index in [9.17, 15) is 14.7 Å². The Bertz CT molecular complexity index is 988. The van der Waals surface area contributed by atoms with Crippen molar-refractivity contribution >= 4 is 16.8 Å². The number of piperidine rings is 1. The molecule has 0 unspecified atom stereocenters. The van der Waals surface area contributed by atoms with Crippen molar-refractivity contribution in [1.82, 2.24) is 14.5 Å². The first-order valence-corrected chi connectivity index (χ1v) is 10.6. The SMILES string of the molecule is COc1cc2ncn(CC3(O)CCN(C(=O)C4CCCC4)CC3)c(=O)c2cc1OC. The maximum atomic E-state index is 13.0. The molecule has 0 atom stereocenters. The second-order valence-corrected chi connectivity index (χ2v) is 8.43. The molecule has 1 N–H and O–H groups in total. The smallest absolute Gasteiger partial charge is 0.261 e. The summed E-state index contributed by atoms with van der Waals surface area (Å²) in [5.41, 5.74) is -0.765. The van der Waals surface area contributed by atoms with E-state index in [0.717, 1.165) is 25.7 Å². The number of nitrogens with zero attached hydrogens (tertiary/aromatic N) is 3. The minimum Gasteiger partial charge on any atom is -0.493 e. The van der Waals surface area contributed by atoms with Gasteiger partial charge in [0.05, 0.1) is 43.6 Å². The zero-order valence-corrected chi connectivity index (χ0v) is 17.6. The molecule has 1 amide bonds. The monoisotopic (exact) mass is 415 g/mol. The maximum Gasteiger partial charge on any atom is 0.261 e. The highest BCUT2D eigenvalue weighted by Gasteiger charge is 2.37. The molecule has 0 spiro atoms. The van der Waals surface area contributed by atoms with Crippen LogP contribution >= 0.6 is 0 Å². The van der Waals surface area contributed by atoms with Gasteiger partial charge in [-0.2, -0.15) is 0 Å². The summed E-state index contributed by atoms with van der Waals surface area (Å²) in [4.78, 5) is 31.9. The van der Waals surface area contributed by atoms with E-state index in [0.29, 0.717) is 48.3 Å². The topological polar surface area (TPSA) is 93.9 Å². The van der Waals surface area contributed by atoms with E-state index >= 15 is 0 Å². The highest BCUT2D eigenvalue weighted by Crippen LogP contribution is 2.31. The standard InChI is InChI=1S/C22H29N3O5/c1-29-18-11-16-17(12-19(18)30-2)23-14-25(21(16)27)13-22(28)7-9-24(10-8-22)20(26)15-5-3-4-6-15/h11-12,14-15,28H,3-10,13H2,1-2H3. The minimum absolute atomic E-state index is 0.147. The van der Waals surface area contributed by atoms with Gasteiger partial charge in [-0.05, 0) is 31.7 Å². The normalized spacial score (nSPS) is 19.2. The quantitative estimate of drug-likeness (QED) is 0.802. The summed E-state index contributed by atoms with van der Waals surface area (Å²) in [6.07, 6.45) is 6.57. The fraction of sp³-hybridized carbons (Fsp3) is 0.591. The number of benzene rings is 1. The second kappa shape index (κ2) is 8.26. The average molecular weight is 415 g/mol. The van der Waals surface area contributed by atoms with Crippen LogP contribution in [0.4, 0.5) is 0 Å². The van der Waals surface area contributed by atoms with Crippen LogP contribution in [-0.2, 0) is 11.3 Å². The third kappa shape index (κ3) is 3.88. The number of aromatic nitrogens is 2. The predicted octanol–water partition coefficient (Wildman–Crippen LogP) is 1.96. The Hall–Kier alpha value is -2.61. The number of hydrogen-bond donors (Lipinski definition) is 1. The molecule has 1 aromatic heterocycles. The summed E-state index contributed by atoms with van der Waals surface area (Å²) in [7, 11) is 3.05. The van der Waals surface area contributed by atoms with Gasteiger partial charge < -0.3 is 19.5 Å². The molecule has 1 aromatic carbocycles. The maximum absolute atomic E-state index is 13.0. The molecule has 4 rings (SSSR count). The molecule has 0 radical (unpaired) electrons. The van der Waals surface area contributed by atoms with Crippen LogP contribution in [0.15, 0.2) is 23.3 Å². The number of carbonyl (C=O) groups excluding carboxylic acids is 1. The van der Waals surface area contributed by atoms with E-state index in [-0.39, 0.29) is 23.9 Å². The Morgan fingerprint density at radius 2 is 1.80 bits per heavy atom. The third-order valence-corrected chi connectivity index (χ3v) is 6.50. The summed E-state index contributed by atoms with van der Waals surface area (Å²) < 4.78 is 12.0. The molecular weight excluding hydrogens is 386 g/mol. The number of aliphatic hydroxyl groups is 1. The molecule has 2 aromatic rings. The molecule has 2 aliphatic rings. The van der Waals surface area contributed by atoms with Crippen molar-refractivity contribution in [3.05, 3.63) is 28.8 Å². The molecule has 1 saturated carbocycles. The summed E-state index contributed by atoms with van der Waals surface area (Å²) in [6, 6.07) is 3.29. The van der Waals surface area contributed by atoms with Crippen LogP contribution in [0.2, 0.25) is 0 Å². The number of amides is 1. The first kappa shape index (κ1) is 20.7. The van der Waals surface area contributed by atoms with Gasteiger partial charge in [-0.15, -0.1) is 0 Å². The number of fused-ring (bicyclic) bond motifs is 1. The molecule has 0 bridgehead atoms. The predicted molar refractivity (Wildman–Crippen MR) is 112 cm³/mol. The molecule has 1 aliphatic heterocycles. The zero-order valence-electron chi connectivity index (χ0n) is 17.6. The van der Waals surface area contributed by atoms with Crippen molar-refractivity contribution < 1.29 is 19.4 Å². The molecule has 1 saturated heterocycles. The highest BCUT2D eigenvalue weighted by molar-refractivity contribution is 5.81. The molecule has 30 heavy (non-hydrogen) atoms. The van der Waals surface area contributed by atoms with Gasteiger partial charge in [-0.25, -0.2) is 4.98 Å². The third-order valence-electron chi connectivity index (χ3n) is 6.50. The first-order chi connectivity index (χ1) is 14.4. The van der Waals surface area contributed by atoms with Gasteiger partial charge in [0.1, 0.15) is 0 Å². The van der Waals surface area contributed by atoms with Crippen LogP contribution in [0.1, 0.15) is 38.5 Å². The number of carbonyl (C=O) groups is 1. The highest BCUT2D eigenvalue weighted by atomic mass is 16.5. The van der Waals surface area contributed by atoms with Crippen LogP contribution in [0.5, 0.6) is 11.5 Å². The molecule has 2 fully saturated rings. The van der Waals surface area contributed by atoms with E-state index in [2.05, 4.69) is 4.98 Å². The summed E-state index contributed by atoms with van der Waals surface area (Å²) in [6.45, 7) is 1.19. The van der Waals surface area contributed by atoms with Crippen molar-refractivity contribution in [3.8, 4) is 11.5 Å². The number of rotatable bonds is 5. The van der Waals surface area contributed by atoms with Crippen molar-refractivity contribution in [2.45, 2.75) is 50.7 Å². The Balaban J connectivity index is 1.50. The lowest BCUT2D eigenvalue weighted by Gasteiger charge is -2.39. The van der Waals surface area contributed by atoms with E-state index in [4.69, 9.17) is 9.47 Å². The Kier molecular flexibility index (Phi) is 5.69. The van der Waals surface area contributed by atoms with Gasteiger partial charge in [-0.1, -0.05) is 12.8 Å². The van der Waals surface area contributed by atoms with E-state index in [1.165, 1.54) is 25.1 Å². The molecule has 8 nitrogen and oxygen atoms in total. The number of likely N-dealkylation sites (tertiary alicyclic amines) is 1. The molecule has 162 valence electrons. The molecule has 2 heterocycles. The summed E-state index contributed by atoms with van der Waals surface area (Å²) in [5, 5.41) is 11.5. The number of methoxy groups -OCH3 is 2. The van der Waals surface area contributed by atoms with Gasteiger partial charge in [0.2, 0.25) is 5.91 Å². The number of ether oxygens (including phenoxy) is 2. The zero-order chi connectivity index (χ0) is 21.3. The Morgan fingerprint density at radius 1 is 1.17 bits per heavy atom. The summed E-state index contributed by atoms with van der Waals surface area (Å²) in [5.74, 6) is 1.34. The van der Waals surface area contributed by atoms with Gasteiger partial charge in [0.25, 0.3) is 5.56 Å². The van der Waals surface area contributed by atoms with E-state index < -0.39 is 5.60 Å². The lowest BCUT2D eigenvalue weighted by Crippen LogP contribution is -2.50. The fourth-order valence-corrected chi connectivity index (χ4v) is 4.65. The van der Waals surface area contributed by atoms with Crippen LogP contribution in [-0.4, -0.2) is 58.4 Å². The van der Waals surface area contributed by atoms with Crippen molar-refractivity contribution in [2.75, 3.05) is 27.3 Å². The lowest BCUT2D eigenvalue weighted by molar-refractivity contribution is -0.140. The molecule has 1 aliphatic carbocycles. The lowest BCUT2D eigenvalue weighted by atomic mass is 9.90. The average Bonchev–Trinajstić information content (AvgIpc) is 3.30. The van der Waals surface area contributed by atoms with E-state index in [1.54, 1.807) is 12.1 Å². The largest absolute Gasteiger partial charge is 0.493 e. The van der Waals surface area contributed by atoms with Crippen molar-refractivity contribution in [3.63, 3.8) is 0 Å². The van der Waals surface area contributed by atoms with Crippen LogP contribution in [0, 0.1) is 5.92 Å². The second-order valence-electron chi connectivity index (χ2n) is 8.43. The van der Waals surface area contributed by atoms with Crippen molar-refractivity contribution in [1.29, 1.82) is 0 Å². The van der Waals surface area contributed by atoms with Crippen LogP contribution in [0.25, 0.3) is 10.9 Å². The van der Waals surface area contributed by atoms with Crippen LogP contribution < -0.4 is 15.0 Å². The number of hydrogen-bond acceptors (Lipinski definition) is 6. The fourth-order valence-electron chi connectivity index (χ4n) is 4.65. The van der Waals surface area contributed by atoms with E-state index in [1.807, 2.05) is 4.90 Å². The van der Waals surface area contributed by atoms with Gasteiger partial charge in [0, 0.05) is 25.1 Å². The summed E-state index contributed by atoms with van der Waals surface area (Å²) >= 11 is 0. The van der Waals surface area contributed by atoms with Crippen molar-refractivity contribution in [2.24, 2.45) is 5.92 Å². The van der Waals surface area contributed by atoms with Gasteiger partial charge in [0.15, 0.2) is 11.5 Å².